The first kappa shape index (κ1) is 10.1. The second kappa shape index (κ2) is 3.44. The summed E-state index contributed by atoms with van der Waals surface area (Å²) in [5.41, 5.74) is 2.41. The van der Waals surface area contributed by atoms with E-state index < -0.39 is 0 Å². The van der Waals surface area contributed by atoms with Crippen LogP contribution in [0.2, 0.25) is 0 Å². The summed E-state index contributed by atoms with van der Waals surface area (Å²) in [5, 5.41) is 8.78. The zero-order chi connectivity index (χ0) is 11.9. The quantitative estimate of drug-likeness (QED) is 0.729. The number of rotatable bonds is 2. The van der Waals surface area contributed by atoms with Crippen molar-refractivity contribution in [2.24, 2.45) is 7.05 Å². The van der Waals surface area contributed by atoms with E-state index in [-0.39, 0.29) is 5.60 Å². The fourth-order valence-electron chi connectivity index (χ4n) is 2.09. The minimum atomic E-state index is -0.362. The third-order valence-corrected chi connectivity index (χ3v) is 3.14. The first-order valence-electron chi connectivity index (χ1n) is 5.38. The Kier molecular flexibility index (Phi) is 2.03. The van der Waals surface area contributed by atoms with Crippen LogP contribution in [-0.4, -0.2) is 16.2 Å². The van der Waals surface area contributed by atoms with Gasteiger partial charge in [-0.15, -0.1) is 0 Å². The van der Waals surface area contributed by atoms with Crippen molar-refractivity contribution in [1.29, 1.82) is 5.26 Å². The number of ether oxygens (including phenoxy) is 1. The Bertz CT molecular complexity index is 588. The maximum atomic E-state index is 8.78. The zero-order valence-corrected chi connectivity index (χ0v) is 9.42. The zero-order valence-electron chi connectivity index (χ0n) is 9.42. The Morgan fingerprint density at radius 1 is 1.41 bits per heavy atom. The molecule has 0 unspecified atom stereocenters. The minimum Gasteiger partial charge on any atom is -0.358 e. The first-order valence-corrected chi connectivity index (χ1v) is 5.38. The fraction of sp³-hybridized carbons (Fsp3) is 0.231. The van der Waals surface area contributed by atoms with Crippen molar-refractivity contribution in [1.82, 2.24) is 9.55 Å². The van der Waals surface area contributed by atoms with Gasteiger partial charge in [0.15, 0.2) is 5.60 Å². The Hall–Kier alpha value is -2.12. The molecule has 1 atom stereocenters. The molecule has 0 bridgehead atoms. The van der Waals surface area contributed by atoms with Crippen LogP contribution in [0.15, 0.2) is 36.8 Å². The third-order valence-electron chi connectivity index (χ3n) is 3.14. The number of hydrogen-bond donors (Lipinski definition) is 0. The average Bonchev–Trinajstić information content (AvgIpc) is 3.06. The van der Waals surface area contributed by atoms with E-state index in [0.29, 0.717) is 12.2 Å². The van der Waals surface area contributed by atoms with Crippen LogP contribution in [0.1, 0.15) is 16.8 Å². The number of benzene rings is 1. The van der Waals surface area contributed by atoms with Crippen molar-refractivity contribution >= 4 is 0 Å². The van der Waals surface area contributed by atoms with Crippen LogP contribution in [-0.2, 0) is 17.4 Å². The van der Waals surface area contributed by atoms with Crippen LogP contribution in [0.3, 0.4) is 0 Å². The molecule has 1 saturated heterocycles. The molecule has 1 aromatic carbocycles. The van der Waals surface area contributed by atoms with Crippen molar-refractivity contribution in [3.63, 3.8) is 0 Å². The van der Waals surface area contributed by atoms with Crippen LogP contribution in [0, 0.1) is 11.3 Å². The number of imidazole rings is 1. The second-order valence-corrected chi connectivity index (χ2v) is 4.19. The predicted molar refractivity (Wildman–Crippen MR) is 61.1 cm³/mol. The third kappa shape index (κ3) is 1.44. The highest BCUT2D eigenvalue weighted by Crippen LogP contribution is 2.44. The van der Waals surface area contributed by atoms with Gasteiger partial charge in [-0.05, 0) is 17.7 Å². The molecule has 17 heavy (non-hydrogen) atoms. The van der Waals surface area contributed by atoms with Crippen LogP contribution >= 0.6 is 0 Å². The Morgan fingerprint density at radius 3 is 2.59 bits per heavy atom. The summed E-state index contributed by atoms with van der Waals surface area (Å²) in [6.07, 6.45) is 3.59. The molecule has 4 nitrogen and oxygen atoms in total. The smallest absolute Gasteiger partial charge is 0.158 e. The lowest BCUT2D eigenvalue weighted by Gasteiger charge is -2.12. The number of epoxide rings is 1. The number of nitrogens with zero attached hydrogens (tertiary/aromatic N) is 3. The van der Waals surface area contributed by atoms with E-state index in [1.54, 1.807) is 6.33 Å². The molecule has 0 radical (unpaired) electrons. The topological polar surface area (TPSA) is 54.1 Å². The highest BCUT2D eigenvalue weighted by molar-refractivity contribution is 5.41. The van der Waals surface area contributed by atoms with Crippen molar-refractivity contribution < 1.29 is 4.74 Å². The molecule has 1 aliphatic rings. The van der Waals surface area contributed by atoms with Gasteiger partial charge in [0.25, 0.3) is 0 Å². The predicted octanol–water partition coefficient (Wildman–Crippen LogP) is 1.57. The summed E-state index contributed by atoms with van der Waals surface area (Å²) >= 11 is 0. The summed E-state index contributed by atoms with van der Waals surface area (Å²) in [5.74, 6) is 0. The summed E-state index contributed by atoms with van der Waals surface area (Å²) in [4.78, 5) is 4.12. The van der Waals surface area contributed by atoms with E-state index >= 15 is 0 Å². The number of aryl methyl sites for hydroxylation is 1. The van der Waals surface area contributed by atoms with Crippen LogP contribution in [0.25, 0.3) is 0 Å². The van der Waals surface area contributed by atoms with Gasteiger partial charge in [0.1, 0.15) is 0 Å². The molecule has 3 rings (SSSR count). The lowest BCUT2D eigenvalue weighted by atomic mass is 9.96. The molecule has 4 heteroatoms. The average molecular weight is 225 g/mol. The molecule has 84 valence electrons. The molecular weight excluding hydrogens is 214 g/mol. The lowest BCUT2D eigenvalue weighted by Crippen LogP contribution is -2.14. The van der Waals surface area contributed by atoms with Gasteiger partial charge in [0.2, 0.25) is 0 Å². The van der Waals surface area contributed by atoms with Crippen LogP contribution in [0.5, 0.6) is 0 Å². The van der Waals surface area contributed by atoms with E-state index in [1.165, 1.54) is 0 Å². The molecule has 1 aromatic heterocycles. The molecule has 1 fully saturated rings. The van der Waals surface area contributed by atoms with Crippen molar-refractivity contribution in [2.45, 2.75) is 5.60 Å². The van der Waals surface area contributed by atoms with Gasteiger partial charge in [-0.3, -0.25) is 0 Å². The van der Waals surface area contributed by atoms with Crippen molar-refractivity contribution in [2.75, 3.05) is 6.61 Å². The Morgan fingerprint density at radius 2 is 2.12 bits per heavy atom. The second-order valence-electron chi connectivity index (χ2n) is 4.19. The lowest BCUT2D eigenvalue weighted by molar-refractivity contribution is 0.338. The van der Waals surface area contributed by atoms with Gasteiger partial charge in [0.05, 0.1) is 36.5 Å². The monoisotopic (exact) mass is 225 g/mol. The number of hydrogen-bond acceptors (Lipinski definition) is 3. The Labute approximate surface area is 99.1 Å². The van der Waals surface area contributed by atoms with Gasteiger partial charge >= 0.3 is 0 Å². The largest absolute Gasteiger partial charge is 0.358 e. The first-order chi connectivity index (χ1) is 8.26. The molecule has 0 aliphatic carbocycles. The maximum absolute atomic E-state index is 8.78. The number of nitriles is 1. The van der Waals surface area contributed by atoms with E-state index in [4.69, 9.17) is 10.00 Å². The highest BCUT2D eigenvalue weighted by Gasteiger charge is 2.50. The fourth-order valence-corrected chi connectivity index (χ4v) is 2.09. The van der Waals surface area contributed by atoms with Crippen LogP contribution < -0.4 is 0 Å². The minimum absolute atomic E-state index is 0.362. The van der Waals surface area contributed by atoms with Gasteiger partial charge < -0.3 is 9.30 Å². The number of aromatic nitrogens is 2. The summed E-state index contributed by atoms with van der Waals surface area (Å²) in [6, 6.07) is 9.63. The van der Waals surface area contributed by atoms with E-state index in [2.05, 4.69) is 11.1 Å². The SMILES string of the molecule is Cn1cncc1[C@@]1(c2ccc(C#N)cc2)CO1. The van der Waals surface area contributed by atoms with Gasteiger partial charge in [-0.2, -0.15) is 5.26 Å². The summed E-state index contributed by atoms with van der Waals surface area (Å²) in [7, 11) is 1.95. The van der Waals surface area contributed by atoms with Crippen molar-refractivity contribution in [3.05, 3.63) is 53.6 Å². The van der Waals surface area contributed by atoms with Gasteiger partial charge in [-0.25, -0.2) is 4.98 Å². The van der Waals surface area contributed by atoms with E-state index in [1.807, 2.05) is 42.1 Å². The standard InChI is InChI=1S/C13H11N3O/c1-16-9-15-7-12(16)13(8-17-13)11-4-2-10(6-14)3-5-11/h2-5,7,9H,8H2,1H3/t13-/m0/s1. The van der Waals surface area contributed by atoms with Gasteiger partial charge in [-0.1, -0.05) is 12.1 Å². The maximum Gasteiger partial charge on any atom is 0.158 e. The van der Waals surface area contributed by atoms with Crippen molar-refractivity contribution in [3.8, 4) is 6.07 Å². The van der Waals surface area contributed by atoms with Gasteiger partial charge in [0, 0.05) is 7.05 Å². The molecule has 1 aliphatic heterocycles. The van der Waals surface area contributed by atoms with E-state index in [9.17, 15) is 0 Å². The summed E-state index contributed by atoms with van der Waals surface area (Å²) < 4.78 is 7.60. The summed E-state index contributed by atoms with van der Waals surface area (Å²) in [6.45, 7) is 0.665. The molecular formula is C13H11N3O. The molecule has 0 N–H and O–H groups in total. The highest BCUT2D eigenvalue weighted by atomic mass is 16.6. The van der Waals surface area contributed by atoms with Crippen LogP contribution in [0.4, 0.5) is 0 Å². The molecule has 2 aromatic rings. The Balaban J connectivity index is 2.04. The van der Waals surface area contributed by atoms with E-state index in [0.717, 1.165) is 11.3 Å². The molecule has 0 saturated carbocycles. The molecule has 0 spiro atoms. The normalized spacial score (nSPS) is 22.1. The molecule has 0 amide bonds. The molecule has 2 heterocycles.